The number of carbonyl (C=O) groups excluding carboxylic acids is 1. The van der Waals surface area contributed by atoms with Gasteiger partial charge < -0.3 is 14.6 Å². The molecule has 104 valence electrons. The fraction of sp³-hybridized carbons (Fsp3) is 0.438. The van der Waals surface area contributed by atoms with Crippen LogP contribution in [-0.2, 0) is 16.0 Å². The van der Waals surface area contributed by atoms with Gasteiger partial charge in [-0.25, -0.2) is 0 Å². The number of carbonyl (C=O) groups is 1. The maximum Gasteiger partial charge on any atom is 0.227 e. The average Bonchev–Trinajstić information content (AvgIpc) is 3.03. The molecule has 2 fully saturated rings. The van der Waals surface area contributed by atoms with Gasteiger partial charge in [-0.2, -0.15) is 0 Å². The molecular formula is C16H18N2O2. The topological polar surface area (TPSA) is 45.3 Å². The molecule has 4 rings (SSSR count). The summed E-state index contributed by atoms with van der Waals surface area (Å²) in [5.41, 5.74) is 2.18. The number of hydrogen-bond acceptors (Lipinski definition) is 2. The lowest BCUT2D eigenvalue weighted by atomic mass is 10.1. The fourth-order valence-corrected chi connectivity index (χ4v) is 3.37. The molecule has 4 nitrogen and oxygen atoms in total. The highest BCUT2D eigenvalue weighted by Crippen LogP contribution is 2.27. The third kappa shape index (κ3) is 2.00. The number of likely N-dealkylation sites (tertiary alicyclic amines) is 1. The molecular weight excluding hydrogens is 252 g/mol. The Morgan fingerprint density at radius 3 is 2.80 bits per heavy atom. The predicted molar refractivity (Wildman–Crippen MR) is 76.5 cm³/mol. The van der Waals surface area contributed by atoms with Crippen molar-refractivity contribution in [1.29, 1.82) is 0 Å². The van der Waals surface area contributed by atoms with Crippen molar-refractivity contribution in [3.63, 3.8) is 0 Å². The van der Waals surface area contributed by atoms with Gasteiger partial charge in [-0.05, 0) is 24.5 Å². The van der Waals surface area contributed by atoms with Gasteiger partial charge in [0.2, 0.25) is 5.91 Å². The fourth-order valence-electron chi connectivity index (χ4n) is 3.37. The third-order valence-corrected chi connectivity index (χ3v) is 4.41. The Hall–Kier alpha value is -1.81. The number of fused-ring (bicyclic) bond motifs is 3. The van der Waals surface area contributed by atoms with Gasteiger partial charge in [0.05, 0.1) is 18.6 Å². The number of nitrogens with zero attached hydrogens (tertiary/aromatic N) is 1. The Morgan fingerprint density at radius 1 is 1.25 bits per heavy atom. The van der Waals surface area contributed by atoms with Gasteiger partial charge in [0.15, 0.2) is 0 Å². The molecule has 1 amide bonds. The number of para-hydroxylation sites is 1. The maximum absolute atomic E-state index is 12.5. The second-order valence-corrected chi connectivity index (χ2v) is 5.79. The minimum Gasteiger partial charge on any atom is -0.371 e. The van der Waals surface area contributed by atoms with Crippen LogP contribution in [0.2, 0.25) is 0 Å². The molecule has 2 aliphatic rings. The van der Waals surface area contributed by atoms with Crippen LogP contribution in [0.4, 0.5) is 0 Å². The Labute approximate surface area is 117 Å². The summed E-state index contributed by atoms with van der Waals surface area (Å²) in [5.74, 6) is 0.218. The maximum atomic E-state index is 12.5. The molecule has 2 bridgehead atoms. The van der Waals surface area contributed by atoms with Crippen molar-refractivity contribution in [3.05, 3.63) is 36.0 Å². The predicted octanol–water partition coefficient (Wildman–Crippen LogP) is 2.10. The summed E-state index contributed by atoms with van der Waals surface area (Å²) < 4.78 is 5.78. The number of ether oxygens (including phenoxy) is 1. The molecule has 2 saturated heterocycles. The number of aromatic amines is 1. The highest BCUT2D eigenvalue weighted by atomic mass is 16.5. The zero-order valence-corrected chi connectivity index (χ0v) is 11.3. The average molecular weight is 270 g/mol. The lowest BCUT2D eigenvalue weighted by Crippen LogP contribution is -2.46. The van der Waals surface area contributed by atoms with Gasteiger partial charge in [-0.3, -0.25) is 4.79 Å². The van der Waals surface area contributed by atoms with E-state index in [4.69, 9.17) is 4.74 Å². The molecule has 1 N–H and O–H groups in total. The van der Waals surface area contributed by atoms with Crippen LogP contribution in [0, 0.1) is 0 Å². The van der Waals surface area contributed by atoms with Gasteiger partial charge >= 0.3 is 0 Å². The first kappa shape index (κ1) is 12.0. The van der Waals surface area contributed by atoms with Gasteiger partial charge in [0.1, 0.15) is 0 Å². The third-order valence-electron chi connectivity index (χ3n) is 4.41. The molecule has 0 aliphatic carbocycles. The van der Waals surface area contributed by atoms with Crippen LogP contribution < -0.4 is 0 Å². The molecule has 0 spiro atoms. The van der Waals surface area contributed by atoms with Crippen LogP contribution in [0.25, 0.3) is 10.9 Å². The minimum atomic E-state index is 0.218. The number of morpholine rings is 1. The van der Waals surface area contributed by atoms with Crippen LogP contribution in [0.1, 0.15) is 18.4 Å². The van der Waals surface area contributed by atoms with E-state index in [1.807, 2.05) is 29.3 Å². The van der Waals surface area contributed by atoms with Crippen molar-refractivity contribution in [2.24, 2.45) is 0 Å². The molecule has 20 heavy (non-hydrogen) atoms. The molecule has 0 radical (unpaired) electrons. The molecule has 2 atom stereocenters. The van der Waals surface area contributed by atoms with E-state index in [9.17, 15) is 4.79 Å². The van der Waals surface area contributed by atoms with E-state index in [0.29, 0.717) is 6.42 Å². The zero-order valence-electron chi connectivity index (χ0n) is 11.3. The summed E-state index contributed by atoms with van der Waals surface area (Å²) in [4.78, 5) is 17.7. The lowest BCUT2D eigenvalue weighted by molar-refractivity contribution is -0.139. The Bertz CT molecular complexity index is 637. The van der Waals surface area contributed by atoms with Crippen molar-refractivity contribution in [1.82, 2.24) is 9.88 Å². The first-order valence-electron chi connectivity index (χ1n) is 7.28. The van der Waals surface area contributed by atoms with Crippen molar-refractivity contribution in [2.45, 2.75) is 31.5 Å². The number of aromatic nitrogens is 1. The summed E-state index contributed by atoms with van der Waals surface area (Å²) in [6.45, 7) is 1.52. The molecule has 3 heterocycles. The van der Waals surface area contributed by atoms with E-state index in [0.717, 1.165) is 42.4 Å². The number of benzene rings is 1. The van der Waals surface area contributed by atoms with Crippen LogP contribution in [0.5, 0.6) is 0 Å². The monoisotopic (exact) mass is 270 g/mol. The lowest BCUT2D eigenvalue weighted by Gasteiger charge is -2.32. The summed E-state index contributed by atoms with van der Waals surface area (Å²) in [6.07, 6.45) is 5.16. The zero-order chi connectivity index (χ0) is 13.5. The van der Waals surface area contributed by atoms with Gasteiger partial charge in [-0.15, -0.1) is 0 Å². The first-order valence-corrected chi connectivity index (χ1v) is 7.28. The summed E-state index contributed by atoms with van der Waals surface area (Å²) >= 11 is 0. The van der Waals surface area contributed by atoms with E-state index >= 15 is 0 Å². The molecule has 0 saturated carbocycles. The molecule has 1 aromatic carbocycles. The van der Waals surface area contributed by atoms with Crippen LogP contribution in [-0.4, -0.2) is 41.1 Å². The van der Waals surface area contributed by atoms with Gasteiger partial charge in [0, 0.05) is 30.2 Å². The van der Waals surface area contributed by atoms with Crippen LogP contribution in [0.15, 0.2) is 30.5 Å². The number of H-pyrrole nitrogens is 1. The molecule has 1 aromatic heterocycles. The highest BCUT2D eigenvalue weighted by molar-refractivity contribution is 5.88. The number of rotatable bonds is 2. The second kappa shape index (κ2) is 4.63. The Kier molecular flexibility index (Phi) is 2.77. The van der Waals surface area contributed by atoms with E-state index in [1.165, 1.54) is 0 Å². The quantitative estimate of drug-likeness (QED) is 0.908. The van der Waals surface area contributed by atoms with E-state index < -0.39 is 0 Å². The number of amides is 1. The van der Waals surface area contributed by atoms with Gasteiger partial charge in [-0.1, -0.05) is 18.2 Å². The largest absolute Gasteiger partial charge is 0.371 e. The van der Waals surface area contributed by atoms with Crippen LogP contribution >= 0.6 is 0 Å². The van der Waals surface area contributed by atoms with Gasteiger partial charge in [0.25, 0.3) is 0 Å². The first-order chi connectivity index (χ1) is 9.79. The van der Waals surface area contributed by atoms with E-state index in [1.54, 1.807) is 0 Å². The molecule has 2 aliphatic heterocycles. The van der Waals surface area contributed by atoms with E-state index in [2.05, 4.69) is 11.1 Å². The smallest absolute Gasteiger partial charge is 0.227 e. The Morgan fingerprint density at radius 2 is 2.00 bits per heavy atom. The van der Waals surface area contributed by atoms with Crippen molar-refractivity contribution in [2.75, 3.05) is 13.1 Å². The van der Waals surface area contributed by atoms with Crippen LogP contribution in [0.3, 0.4) is 0 Å². The number of nitrogens with one attached hydrogen (secondary N) is 1. The minimum absolute atomic E-state index is 0.218. The molecule has 2 aromatic rings. The van der Waals surface area contributed by atoms with E-state index in [-0.39, 0.29) is 18.1 Å². The summed E-state index contributed by atoms with van der Waals surface area (Å²) in [7, 11) is 0. The summed E-state index contributed by atoms with van der Waals surface area (Å²) in [5, 5.41) is 1.15. The second-order valence-electron chi connectivity index (χ2n) is 5.79. The molecule has 2 unspecified atom stereocenters. The SMILES string of the molecule is O=C(Cc1c[nH]c2ccccc12)N1CC2CCC(C1)O2. The normalized spacial score (nSPS) is 25.3. The van der Waals surface area contributed by atoms with Crippen molar-refractivity contribution in [3.8, 4) is 0 Å². The highest BCUT2D eigenvalue weighted by Gasteiger charge is 2.35. The standard InChI is InChI=1S/C16H18N2O2/c19-16(18-9-12-5-6-13(10-18)20-12)7-11-8-17-15-4-2-1-3-14(11)15/h1-4,8,12-13,17H,5-7,9-10H2. The summed E-state index contributed by atoms with van der Waals surface area (Å²) in [6, 6.07) is 8.12. The van der Waals surface area contributed by atoms with Crippen molar-refractivity contribution < 1.29 is 9.53 Å². The molecule has 4 heteroatoms. The Balaban J connectivity index is 1.52. The van der Waals surface area contributed by atoms with Crippen molar-refractivity contribution >= 4 is 16.8 Å². The number of hydrogen-bond donors (Lipinski definition) is 1.